The van der Waals surface area contributed by atoms with Gasteiger partial charge in [0, 0.05) is 34.8 Å². The lowest BCUT2D eigenvalue weighted by molar-refractivity contribution is 0.287. The third-order valence-electron chi connectivity index (χ3n) is 4.48. The number of aliphatic hydroxyl groups excluding tert-OH is 1. The number of nitrogens with zero attached hydrogens (tertiary/aromatic N) is 1. The number of aromatic nitrogens is 1. The van der Waals surface area contributed by atoms with E-state index in [4.69, 9.17) is 16.3 Å². The van der Waals surface area contributed by atoms with Crippen molar-refractivity contribution in [2.75, 3.05) is 13.7 Å². The van der Waals surface area contributed by atoms with E-state index in [0.29, 0.717) is 0 Å². The van der Waals surface area contributed by atoms with Crippen LogP contribution in [-0.2, 0) is 13.0 Å². The molecule has 24 heavy (non-hydrogen) atoms. The quantitative estimate of drug-likeness (QED) is 0.710. The molecular weight excluding hydrogens is 322 g/mol. The second-order valence-corrected chi connectivity index (χ2v) is 6.43. The number of aliphatic hydroxyl groups is 1. The molecule has 3 nitrogen and oxygen atoms in total. The van der Waals surface area contributed by atoms with Crippen LogP contribution in [0.2, 0.25) is 5.02 Å². The summed E-state index contributed by atoms with van der Waals surface area (Å²) in [6, 6.07) is 14.2. The van der Waals surface area contributed by atoms with Crippen LogP contribution in [0.3, 0.4) is 0 Å². The molecule has 0 amide bonds. The van der Waals surface area contributed by atoms with Gasteiger partial charge < -0.3 is 14.4 Å². The minimum absolute atomic E-state index is 0.200. The van der Waals surface area contributed by atoms with Crippen LogP contribution < -0.4 is 4.74 Å². The Bertz CT molecular complexity index is 837. The van der Waals surface area contributed by atoms with Crippen LogP contribution in [-0.4, -0.2) is 23.4 Å². The maximum absolute atomic E-state index is 9.24. The summed E-state index contributed by atoms with van der Waals surface area (Å²) in [4.78, 5) is 0. The van der Waals surface area contributed by atoms with Crippen LogP contribution in [0.4, 0.5) is 0 Å². The van der Waals surface area contributed by atoms with Gasteiger partial charge in [-0.25, -0.2) is 0 Å². The van der Waals surface area contributed by atoms with Gasteiger partial charge in [0.2, 0.25) is 0 Å². The highest BCUT2D eigenvalue weighted by molar-refractivity contribution is 6.30. The summed E-state index contributed by atoms with van der Waals surface area (Å²) in [5.74, 6) is 0.864. The van der Waals surface area contributed by atoms with Crippen LogP contribution >= 0.6 is 11.6 Å². The van der Waals surface area contributed by atoms with E-state index in [1.165, 1.54) is 27.7 Å². The number of hydrogen-bond acceptors (Lipinski definition) is 2. The topological polar surface area (TPSA) is 34.4 Å². The highest BCUT2D eigenvalue weighted by atomic mass is 35.5. The molecule has 3 rings (SSSR count). The van der Waals surface area contributed by atoms with Gasteiger partial charge in [-0.2, -0.15) is 0 Å². The van der Waals surface area contributed by atoms with E-state index in [0.717, 1.165) is 30.2 Å². The first kappa shape index (κ1) is 16.9. The number of benzene rings is 2. The minimum Gasteiger partial charge on any atom is -0.497 e. The van der Waals surface area contributed by atoms with Crippen LogP contribution in [0, 0.1) is 6.92 Å². The van der Waals surface area contributed by atoms with Gasteiger partial charge in [0.15, 0.2) is 0 Å². The molecule has 0 radical (unpaired) electrons. The third-order valence-corrected chi connectivity index (χ3v) is 4.73. The molecular formula is C20H22ClNO2. The summed E-state index contributed by atoms with van der Waals surface area (Å²) >= 11 is 6.00. The number of fused-ring (bicyclic) bond motifs is 1. The van der Waals surface area contributed by atoms with Crippen molar-refractivity contribution in [3.05, 3.63) is 64.3 Å². The van der Waals surface area contributed by atoms with E-state index in [9.17, 15) is 5.11 Å². The molecule has 0 fully saturated rings. The lowest BCUT2D eigenvalue weighted by atomic mass is 10.1. The van der Waals surface area contributed by atoms with Gasteiger partial charge in [-0.15, -0.1) is 0 Å². The zero-order valence-corrected chi connectivity index (χ0v) is 14.8. The van der Waals surface area contributed by atoms with E-state index < -0.39 is 0 Å². The van der Waals surface area contributed by atoms with Crippen molar-refractivity contribution in [3.63, 3.8) is 0 Å². The molecule has 1 heterocycles. The minimum atomic E-state index is 0.200. The molecule has 0 aliphatic carbocycles. The summed E-state index contributed by atoms with van der Waals surface area (Å²) in [5.41, 5.74) is 4.92. The van der Waals surface area contributed by atoms with Crippen LogP contribution in [0.15, 0.2) is 42.5 Å². The molecule has 1 N–H and O–H groups in total. The summed E-state index contributed by atoms with van der Waals surface area (Å²) in [5, 5.41) is 11.2. The summed E-state index contributed by atoms with van der Waals surface area (Å²) in [6.07, 6.45) is 1.61. The Balaban J connectivity index is 2.10. The number of rotatable bonds is 6. The Hall–Kier alpha value is -1.97. The molecule has 3 aromatic rings. The predicted octanol–water partition coefficient (Wildman–Crippen LogP) is 4.58. The van der Waals surface area contributed by atoms with Crippen molar-refractivity contribution in [2.24, 2.45) is 0 Å². The van der Waals surface area contributed by atoms with Gasteiger partial charge in [0.25, 0.3) is 0 Å². The Morgan fingerprint density at radius 1 is 1.12 bits per heavy atom. The Labute approximate surface area is 147 Å². The van der Waals surface area contributed by atoms with Crippen molar-refractivity contribution in [1.82, 2.24) is 4.57 Å². The largest absolute Gasteiger partial charge is 0.497 e. The maximum atomic E-state index is 9.24. The van der Waals surface area contributed by atoms with E-state index in [2.05, 4.69) is 35.8 Å². The number of halogens is 1. The first-order chi connectivity index (χ1) is 11.6. The molecule has 0 atom stereocenters. The number of methoxy groups -OCH3 is 1. The van der Waals surface area contributed by atoms with Gasteiger partial charge in [-0.3, -0.25) is 0 Å². The fourth-order valence-corrected chi connectivity index (χ4v) is 3.33. The lowest BCUT2D eigenvalue weighted by Crippen LogP contribution is -2.06. The summed E-state index contributed by atoms with van der Waals surface area (Å²) < 4.78 is 7.71. The van der Waals surface area contributed by atoms with E-state index >= 15 is 0 Å². The normalized spacial score (nSPS) is 11.2. The van der Waals surface area contributed by atoms with Crippen molar-refractivity contribution < 1.29 is 9.84 Å². The van der Waals surface area contributed by atoms with Gasteiger partial charge in [-0.1, -0.05) is 23.7 Å². The van der Waals surface area contributed by atoms with Crippen molar-refractivity contribution in [1.29, 1.82) is 0 Å². The monoisotopic (exact) mass is 343 g/mol. The molecule has 1 aromatic heterocycles. The van der Waals surface area contributed by atoms with Gasteiger partial charge in [-0.05, 0) is 61.2 Å². The molecule has 0 bridgehead atoms. The summed E-state index contributed by atoms with van der Waals surface area (Å²) in [7, 11) is 1.69. The van der Waals surface area contributed by atoms with Gasteiger partial charge in [0.05, 0.1) is 7.11 Å². The molecule has 0 unspecified atom stereocenters. The molecule has 0 aliphatic heterocycles. The Morgan fingerprint density at radius 3 is 2.54 bits per heavy atom. The molecule has 2 aromatic carbocycles. The zero-order chi connectivity index (χ0) is 17.1. The average molecular weight is 344 g/mol. The standard InChI is InChI=1S/C20H22ClNO2/c1-14-18-12-17(24-2)9-10-20(18)22(19(14)4-3-11-23)13-15-5-7-16(21)8-6-15/h5-10,12,23H,3-4,11,13H2,1-2H3. The van der Waals surface area contributed by atoms with Crippen molar-refractivity contribution in [2.45, 2.75) is 26.3 Å². The molecule has 126 valence electrons. The lowest BCUT2D eigenvalue weighted by Gasteiger charge is -2.12. The van der Waals surface area contributed by atoms with Crippen molar-refractivity contribution >= 4 is 22.5 Å². The maximum Gasteiger partial charge on any atom is 0.119 e. The highest BCUT2D eigenvalue weighted by Gasteiger charge is 2.15. The zero-order valence-electron chi connectivity index (χ0n) is 14.1. The van der Waals surface area contributed by atoms with Crippen molar-refractivity contribution in [3.8, 4) is 5.75 Å². The Morgan fingerprint density at radius 2 is 1.88 bits per heavy atom. The second kappa shape index (κ2) is 7.29. The smallest absolute Gasteiger partial charge is 0.119 e. The number of ether oxygens (including phenoxy) is 1. The first-order valence-corrected chi connectivity index (χ1v) is 8.53. The van der Waals surface area contributed by atoms with Gasteiger partial charge >= 0.3 is 0 Å². The van der Waals surface area contributed by atoms with E-state index in [-0.39, 0.29) is 6.61 Å². The summed E-state index contributed by atoms with van der Waals surface area (Å²) in [6.45, 7) is 3.13. The first-order valence-electron chi connectivity index (χ1n) is 8.15. The number of aryl methyl sites for hydroxylation is 1. The SMILES string of the molecule is COc1ccc2c(c1)c(C)c(CCCO)n2Cc1ccc(Cl)cc1. The number of hydrogen-bond donors (Lipinski definition) is 1. The predicted molar refractivity (Wildman–Crippen MR) is 99.2 cm³/mol. The fourth-order valence-electron chi connectivity index (χ4n) is 3.20. The Kier molecular flexibility index (Phi) is 5.12. The second-order valence-electron chi connectivity index (χ2n) is 5.99. The van der Waals surface area contributed by atoms with Crippen LogP contribution in [0.1, 0.15) is 23.2 Å². The molecule has 4 heteroatoms. The third kappa shape index (κ3) is 3.28. The van der Waals surface area contributed by atoms with Gasteiger partial charge in [0.1, 0.15) is 5.75 Å². The van der Waals surface area contributed by atoms with E-state index in [1.54, 1.807) is 7.11 Å². The molecule has 0 saturated carbocycles. The average Bonchev–Trinajstić information content (AvgIpc) is 2.86. The highest BCUT2D eigenvalue weighted by Crippen LogP contribution is 2.30. The molecule has 0 spiro atoms. The molecule has 0 aliphatic rings. The van der Waals surface area contributed by atoms with Crippen LogP contribution in [0.25, 0.3) is 10.9 Å². The van der Waals surface area contributed by atoms with E-state index in [1.807, 2.05) is 18.2 Å². The van der Waals surface area contributed by atoms with Crippen LogP contribution in [0.5, 0.6) is 5.75 Å². The fraction of sp³-hybridized carbons (Fsp3) is 0.300. The molecule has 0 saturated heterocycles.